The molecule has 5 rings (SSSR count). The highest BCUT2D eigenvalue weighted by atomic mass is 16.2. The Morgan fingerprint density at radius 1 is 1.07 bits per heavy atom. The molecular formula is C23H23N5O2. The lowest BCUT2D eigenvalue weighted by Crippen LogP contribution is -2.49. The first-order valence-electron chi connectivity index (χ1n) is 10.3. The fraction of sp³-hybridized carbons (Fsp3) is 0.348. The number of likely N-dealkylation sites (tertiary alicyclic amines) is 1. The van der Waals surface area contributed by atoms with E-state index in [1.165, 1.54) is 0 Å². The minimum absolute atomic E-state index is 0.00433. The number of hydrogen-bond acceptors (Lipinski definition) is 5. The lowest BCUT2D eigenvalue weighted by atomic mass is 9.82. The van der Waals surface area contributed by atoms with Crippen LogP contribution in [-0.2, 0) is 6.54 Å². The maximum Gasteiger partial charge on any atom is 0.272 e. The molecule has 152 valence electrons. The molecule has 0 saturated carbocycles. The van der Waals surface area contributed by atoms with E-state index in [0.29, 0.717) is 31.2 Å². The molecule has 0 unspecified atom stereocenters. The van der Waals surface area contributed by atoms with Crippen molar-refractivity contribution in [1.82, 2.24) is 24.4 Å². The zero-order valence-electron chi connectivity index (χ0n) is 17.1. The molecule has 2 aliphatic heterocycles. The number of amides is 1. The first kappa shape index (κ1) is 18.7. The van der Waals surface area contributed by atoms with Crippen LogP contribution in [-0.4, -0.2) is 43.4 Å². The summed E-state index contributed by atoms with van der Waals surface area (Å²) < 4.78 is 1.88. The van der Waals surface area contributed by atoms with Crippen LogP contribution in [0.25, 0.3) is 11.3 Å². The van der Waals surface area contributed by atoms with Crippen molar-refractivity contribution in [3.63, 3.8) is 0 Å². The van der Waals surface area contributed by atoms with Gasteiger partial charge in [0.05, 0.1) is 5.69 Å². The highest BCUT2D eigenvalue weighted by Crippen LogP contribution is 2.36. The third-order valence-electron chi connectivity index (χ3n) is 5.99. The molecule has 7 nitrogen and oxygen atoms in total. The van der Waals surface area contributed by atoms with Gasteiger partial charge in [-0.3, -0.25) is 14.6 Å². The number of aryl methyl sites for hydroxylation is 2. The standard InChI is InChI=1S/C23H23N5O2/c1-14-7-20(26-15(2)25-14)23(30)27-11-16-8-18(13-27)21-9-17(10-22(29)28(21)12-16)19-5-3-4-6-24-19/h3-7,9-10,16,18H,8,11-13H2,1-2H3/t16-,18+/m0/s1. The van der Waals surface area contributed by atoms with Crippen molar-refractivity contribution >= 4 is 5.91 Å². The minimum Gasteiger partial charge on any atom is -0.336 e. The number of hydrogen-bond donors (Lipinski definition) is 0. The van der Waals surface area contributed by atoms with E-state index in [1.54, 1.807) is 25.3 Å². The highest BCUT2D eigenvalue weighted by Gasteiger charge is 2.37. The van der Waals surface area contributed by atoms with Crippen LogP contribution < -0.4 is 5.56 Å². The molecule has 1 fully saturated rings. The van der Waals surface area contributed by atoms with Gasteiger partial charge in [-0.1, -0.05) is 6.07 Å². The predicted molar refractivity (Wildman–Crippen MR) is 112 cm³/mol. The molecule has 0 aliphatic carbocycles. The van der Waals surface area contributed by atoms with E-state index in [-0.39, 0.29) is 23.3 Å². The number of pyridine rings is 2. The summed E-state index contributed by atoms with van der Waals surface area (Å²) in [6, 6.07) is 11.2. The molecule has 0 spiro atoms. The number of aromatic nitrogens is 4. The molecule has 0 N–H and O–H groups in total. The molecule has 30 heavy (non-hydrogen) atoms. The monoisotopic (exact) mass is 401 g/mol. The number of carbonyl (C=O) groups excluding carboxylic acids is 1. The van der Waals surface area contributed by atoms with E-state index < -0.39 is 0 Å². The zero-order valence-corrected chi connectivity index (χ0v) is 17.1. The Labute approximate surface area is 174 Å². The van der Waals surface area contributed by atoms with Gasteiger partial charge in [0.25, 0.3) is 11.5 Å². The summed E-state index contributed by atoms with van der Waals surface area (Å²) in [6.45, 7) is 5.54. The average molecular weight is 401 g/mol. The average Bonchev–Trinajstić information content (AvgIpc) is 2.73. The SMILES string of the molecule is Cc1cc(C(=O)N2C[C@@H]3C[C@H](C2)c2cc(-c4ccccn4)cc(=O)n2C3)nc(C)n1. The zero-order chi connectivity index (χ0) is 20.8. The first-order chi connectivity index (χ1) is 14.5. The third-order valence-corrected chi connectivity index (χ3v) is 5.99. The van der Waals surface area contributed by atoms with Crippen LogP contribution in [0.3, 0.4) is 0 Å². The van der Waals surface area contributed by atoms with Gasteiger partial charge in [0.15, 0.2) is 0 Å². The van der Waals surface area contributed by atoms with Crippen LogP contribution in [0.2, 0.25) is 0 Å². The van der Waals surface area contributed by atoms with E-state index in [2.05, 4.69) is 21.0 Å². The van der Waals surface area contributed by atoms with Gasteiger partial charge >= 0.3 is 0 Å². The van der Waals surface area contributed by atoms with E-state index in [1.807, 2.05) is 34.6 Å². The van der Waals surface area contributed by atoms with Crippen LogP contribution in [0, 0.1) is 19.8 Å². The number of nitrogens with zero attached hydrogens (tertiary/aromatic N) is 5. The van der Waals surface area contributed by atoms with Crippen molar-refractivity contribution in [2.45, 2.75) is 32.7 Å². The van der Waals surface area contributed by atoms with Crippen LogP contribution >= 0.6 is 0 Å². The summed E-state index contributed by atoms with van der Waals surface area (Å²) in [7, 11) is 0. The van der Waals surface area contributed by atoms with Crippen molar-refractivity contribution in [3.8, 4) is 11.3 Å². The molecule has 3 aromatic heterocycles. The fourth-order valence-corrected chi connectivity index (χ4v) is 4.79. The van der Waals surface area contributed by atoms with Crippen molar-refractivity contribution in [1.29, 1.82) is 0 Å². The molecule has 2 bridgehead atoms. The van der Waals surface area contributed by atoms with E-state index >= 15 is 0 Å². The second kappa shape index (κ2) is 7.16. The Hall–Kier alpha value is -3.35. The van der Waals surface area contributed by atoms with Crippen LogP contribution in [0.1, 0.15) is 40.0 Å². The molecule has 2 aliphatic rings. The van der Waals surface area contributed by atoms with Gasteiger partial charge in [-0.2, -0.15) is 0 Å². The molecule has 1 amide bonds. The second-order valence-electron chi connectivity index (χ2n) is 8.28. The van der Waals surface area contributed by atoms with Crippen molar-refractivity contribution in [3.05, 3.63) is 75.9 Å². The summed E-state index contributed by atoms with van der Waals surface area (Å²) in [5.41, 5.74) is 3.85. The quantitative estimate of drug-likeness (QED) is 0.659. The molecule has 2 atom stereocenters. The lowest BCUT2D eigenvalue weighted by molar-refractivity contribution is 0.0588. The Morgan fingerprint density at radius 2 is 1.93 bits per heavy atom. The Morgan fingerprint density at radius 3 is 2.70 bits per heavy atom. The van der Waals surface area contributed by atoms with Crippen molar-refractivity contribution in [2.24, 2.45) is 5.92 Å². The van der Waals surface area contributed by atoms with Crippen molar-refractivity contribution < 1.29 is 4.79 Å². The van der Waals surface area contributed by atoms with Crippen LogP contribution in [0.15, 0.2) is 47.4 Å². The third kappa shape index (κ3) is 3.30. The molecule has 5 heterocycles. The van der Waals surface area contributed by atoms with Crippen molar-refractivity contribution in [2.75, 3.05) is 13.1 Å². The maximum absolute atomic E-state index is 13.2. The topological polar surface area (TPSA) is 81.0 Å². The summed E-state index contributed by atoms with van der Waals surface area (Å²) in [4.78, 5) is 40.9. The van der Waals surface area contributed by atoms with Gasteiger partial charge in [-0.25, -0.2) is 9.97 Å². The van der Waals surface area contributed by atoms with Gasteiger partial charge in [0, 0.05) is 54.8 Å². The summed E-state index contributed by atoms with van der Waals surface area (Å²) in [6.07, 6.45) is 2.71. The summed E-state index contributed by atoms with van der Waals surface area (Å²) >= 11 is 0. The molecule has 7 heteroatoms. The van der Waals surface area contributed by atoms with Gasteiger partial charge < -0.3 is 9.47 Å². The minimum atomic E-state index is -0.0602. The van der Waals surface area contributed by atoms with Gasteiger partial charge in [0.2, 0.25) is 0 Å². The molecule has 3 aromatic rings. The van der Waals surface area contributed by atoms with E-state index in [9.17, 15) is 9.59 Å². The first-order valence-corrected chi connectivity index (χ1v) is 10.3. The molecule has 0 radical (unpaired) electrons. The summed E-state index contributed by atoms with van der Waals surface area (Å²) in [5.74, 6) is 0.937. The molecule has 0 aromatic carbocycles. The normalized spacial score (nSPS) is 20.0. The smallest absolute Gasteiger partial charge is 0.272 e. The molecular weight excluding hydrogens is 378 g/mol. The lowest BCUT2D eigenvalue weighted by Gasteiger charge is -2.42. The fourth-order valence-electron chi connectivity index (χ4n) is 4.79. The number of carbonyl (C=O) groups is 1. The summed E-state index contributed by atoms with van der Waals surface area (Å²) in [5, 5.41) is 0. The Kier molecular flexibility index (Phi) is 4.46. The number of rotatable bonds is 2. The van der Waals surface area contributed by atoms with Gasteiger partial charge in [0.1, 0.15) is 11.5 Å². The number of fused-ring (bicyclic) bond motifs is 4. The molecule has 1 saturated heterocycles. The van der Waals surface area contributed by atoms with E-state index in [0.717, 1.165) is 29.1 Å². The van der Waals surface area contributed by atoms with Gasteiger partial charge in [-0.15, -0.1) is 0 Å². The van der Waals surface area contributed by atoms with E-state index in [4.69, 9.17) is 0 Å². The number of piperidine rings is 1. The Bertz CT molecular complexity index is 1170. The predicted octanol–water partition coefficient (Wildman–Crippen LogP) is 2.58. The van der Waals surface area contributed by atoms with Crippen LogP contribution in [0.5, 0.6) is 0 Å². The Balaban J connectivity index is 1.48. The largest absolute Gasteiger partial charge is 0.336 e. The van der Waals surface area contributed by atoms with Crippen LogP contribution in [0.4, 0.5) is 0 Å². The maximum atomic E-state index is 13.2. The highest BCUT2D eigenvalue weighted by molar-refractivity contribution is 5.92. The second-order valence-corrected chi connectivity index (χ2v) is 8.28. The van der Waals surface area contributed by atoms with Gasteiger partial charge in [-0.05, 0) is 50.5 Å².